The molecule has 0 N–H and O–H groups in total. The van der Waals surface area contributed by atoms with E-state index in [1.54, 1.807) is 0 Å². The quantitative estimate of drug-likeness (QED) is 0.628. The lowest BCUT2D eigenvalue weighted by Crippen LogP contribution is -2.29. The number of cyclic esters (lactones) is 1. The summed E-state index contributed by atoms with van der Waals surface area (Å²) in [4.78, 5) is 11.1. The van der Waals surface area contributed by atoms with Crippen LogP contribution < -0.4 is 0 Å². The zero-order valence-corrected chi connectivity index (χ0v) is 8.93. The van der Waals surface area contributed by atoms with E-state index in [4.69, 9.17) is 4.74 Å². The molecule has 1 saturated heterocycles. The summed E-state index contributed by atoms with van der Waals surface area (Å²) in [6.07, 6.45) is 4.70. The van der Waals surface area contributed by atoms with Crippen molar-refractivity contribution in [3.63, 3.8) is 0 Å². The fourth-order valence-electron chi connectivity index (χ4n) is 1.99. The van der Waals surface area contributed by atoms with Crippen LogP contribution in [-0.4, -0.2) is 11.6 Å². The van der Waals surface area contributed by atoms with E-state index in [0.29, 0.717) is 12.3 Å². The van der Waals surface area contributed by atoms with E-state index >= 15 is 0 Å². The van der Waals surface area contributed by atoms with Gasteiger partial charge in [-0.25, -0.2) is 0 Å². The van der Waals surface area contributed by atoms with Gasteiger partial charge < -0.3 is 4.74 Å². The molecule has 13 heavy (non-hydrogen) atoms. The largest absolute Gasteiger partial charge is 0.459 e. The first-order chi connectivity index (χ1) is 6.12. The Labute approximate surface area is 80.7 Å². The molecule has 1 rings (SSSR count). The monoisotopic (exact) mass is 184 g/mol. The van der Waals surface area contributed by atoms with Crippen molar-refractivity contribution < 1.29 is 9.53 Å². The Morgan fingerprint density at radius 1 is 1.54 bits per heavy atom. The zero-order valence-electron chi connectivity index (χ0n) is 8.93. The SMILES string of the molecule is CCC(C)CC1(CC)CCC(=O)O1. The molecule has 1 heterocycles. The van der Waals surface area contributed by atoms with Gasteiger partial charge in [0, 0.05) is 6.42 Å². The molecule has 1 fully saturated rings. The Balaban J connectivity index is 2.55. The predicted octanol–water partition coefficient (Wildman–Crippen LogP) is 2.91. The maximum absolute atomic E-state index is 11.1. The summed E-state index contributed by atoms with van der Waals surface area (Å²) in [5.74, 6) is 0.649. The summed E-state index contributed by atoms with van der Waals surface area (Å²) in [5.41, 5.74) is -0.119. The fourth-order valence-corrected chi connectivity index (χ4v) is 1.99. The Morgan fingerprint density at radius 2 is 2.23 bits per heavy atom. The third kappa shape index (κ3) is 2.45. The molecule has 0 spiro atoms. The molecule has 1 aliphatic rings. The second-order valence-electron chi connectivity index (χ2n) is 4.23. The lowest BCUT2D eigenvalue weighted by Gasteiger charge is -2.28. The Kier molecular flexibility index (Phi) is 3.34. The first kappa shape index (κ1) is 10.6. The van der Waals surface area contributed by atoms with Crippen LogP contribution in [-0.2, 0) is 9.53 Å². The smallest absolute Gasteiger partial charge is 0.306 e. The van der Waals surface area contributed by atoms with Crippen LogP contribution in [0.2, 0.25) is 0 Å². The van der Waals surface area contributed by atoms with E-state index in [0.717, 1.165) is 19.3 Å². The van der Waals surface area contributed by atoms with Gasteiger partial charge in [0.25, 0.3) is 0 Å². The zero-order chi connectivity index (χ0) is 9.90. The van der Waals surface area contributed by atoms with Crippen LogP contribution in [0.4, 0.5) is 0 Å². The topological polar surface area (TPSA) is 26.3 Å². The number of esters is 1. The summed E-state index contributed by atoms with van der Waals surface area (Å²) >= 11 is 0. The molecule has 2 atom stereocenters. The van der Waals surface area contributed by atoms with Crippen LogP contribution in [0.15, 0.2) is 0 Å². The molecule has 0 aliphatic carbocycles. The summed E-state index contributed by atoms with van der Waals surface area (Å²) in [5, 5.41) is 0. The molecule has 2 unspecified atom stereocenters. The van der Waals surface area contributed by atoms with E-state index in [1.807, 2.05) is 0 Å². The lowest BCUT2D eigenvalue weighted by atomic mass is 9.86. The van der Waals surface area contributed by atoms with Gasteiger partial charge in [-0.1, -0.05) is 27.2 Å². The van der Waals surface area contributed by atoms with E-state index in [2.05, 4.69) is 20.8 Å². The number of hydrogen-bond acceptors (Lipinski definition) is 2. The summed E-state index contributed by atoms with van der Waals surface area (Å²) < 4.78 is 5.43. The second kappa shape index (κ2) is 4.12. The molecule has 0 aromatic carbocycles. The van der Waals surface area contributed by atoms with E-state index in [1.165, 1.54) is 6.42 Å². The van der Waals surface area contributed by atoms with E-state index in [9.17, 15) is 4.79 Å². The van der Waals surface area contributed by atoms with Crippen LogP contribution in [0.25, 0.3) is 0 Å². The minimum Gasteiger partial charge on any atom is -0.459 e. The van der Waals surface area contributed by atoms with Gasteiger partial charge in [0.2, 0.25) is 0 Å². The standard InChI is InChI=1S/C11H20O2/c1-4-9(3)8-11(5-2)7-6-10(12)13-11/h9H,4-8H2,1-3H3. The first-order valence-corrected chi connectivity index (χ1v) is 5.33. The number of rotatable bonds is 4. The third-order valence-electron chi connectivity index (χ3n) is 3.18. The lowest BCUT2D eigenvalue weighted by molar-refractivity contribution is -0.149. The molecule has 76 valence electrons. The molecular weight excluding hydrogens is 164 g/mol. The van der Waals surface area contributed by atoms with Gasteiger partial charge in [-0.3, -0.25) is 4.79 Å². The maximum atomic E-state index is 11.1. The van der Waals surface area contributed by atoms with E-state index < -0.39 is 0 Å². The van der Waals surface area contributed by atoms with Crippen molar-refractivity contribution in [3.05, 3.63) is 0 Å². The van der Waals surface area contributed by atoms with Crippen LogP contribution in [0, 0.1) is 5.92 Å². The highest BCUT2D eigenvalue weighted by Crippen LogP contribution is 2.36. The van der Waals surface area contributed by atoms with Gasteiger partial charge in [0.1, 0.15) is 5.60 Å². The molecule has 0 aromatic rings. The average Bonchev–Trinajstić information content (AvgIpc) is 2.48. The Morgan fingerprint density at radius 3 is 2.62 bits per heavy atom. The highest BCUT2D eigenvalue weighted by atomic mass is 16.6. The van der Waals surface area contributed by atoms with Gasteiger partial charge in [-0.2, -0.15) is 0 Å². The highest BCUT2D eigenvalue weighted by molar-refractivity contribution is 5.72. The second-order valence-corrected chi connectivity index (χ2v) is 4.23. The van der Waals surface area contributed by atoms with Crippen molar-refractivity contribution in [2.45, 2.75) is 58.5 Å². The van der Waals surface area contributed by atoms with Crippen molar-refractivity contribution in [3.8, 4) is 0 Å². The third-order valence-corrected chi connectivity index (χ3v) is 3.18. The molecular formula is C11H20O2. The Hall–Kier alpha value is -0.530. The molecule has 2 nitrogen and oxygen atoms in total. The molecule has 0 aromatic heterocycles. The molecule has 0 bridgehead atoms. The normalized spacial score (nSPS) is 30.2. The first-order valence-electron chi connectivity index (χ1n) is 5.33. The number of carbonyl (C=O) groups is 1. The van der Waals surface area contributed by atoms with E-state index in [-0.39, 0.29) is 11.6 Å². The van der Waals surface area contributed by atoms with Crippen molar-refractivity contribution >= 4 is 5.97 Å². The molecule has 0 saturated carbocycles. The maximum Gasteiger partial charge on any atom is 0.306 e. The molecule has 2 heteroatoms. The summed E-state index contributed by atoms with van der Waals surface area (Å²) in [6, 6.07) is 0. The van der Waals surface area contributed by atoms with Gasteiger partial charge in [-0.15, -0.1) is 0 Å². The molecule has 0 amide bonds. The fraction of sp³-hybridized carbons (Fsp3) is 0.909. The van der Waals surface area contributed by atoms with Crippen LogP contribution >= 0.6 is 0 Å². The highest BCUT2D eigenvalue weighted by Gasteiger charge is 2.39. The Bertz CT molecular complexity index is 189. The van der Waals surface area contributed by atoms with Crippen LogP contribution in [0.3, 0.4) is 0 Å². The van der Waals surface area contributed by atoms with Gasteiger partial charge >= 0.3 is 5.97 Å². The van der Waals surface area contributed by atoms with Crippen molar-refractivity contribution in [1.82, 2.24) is 0 Å². The van der Waals surface area contributed by atoms with Gasteiger partial charge in [-0.05, 0) is 25.2 Å². The minimum atomic E-state index is -0.119. The van der Waals surface area contributed by atoms with Gasteiger partial charge in [0.15, 0.2) is 0 Å². The minimum absolute atomic E-state index is 0.00912. The number of carbonyl (C=O) groups excluding carboxylic acids is 1. The summed E-state index contributed by atoms with van der Waals surface area (Å²) in [6.45, 7) is 6.52. The molecule has 1 aliphatic heterocycles. The van der Waals surface area contributed by atoms with Crippen molar-refractivity contribution in [2.75, 3.05) is 0 Å². The number of ether oxygens (including phenoxy) is 1. The average molecular weight is 184 g/mol. The van der Waals surface area contributed by atoms with Crippen LogP contribution in [0.5, 0.6) is 0 Å². The van der Waals surface area contributed by atoms with Gasteiger partial charge in [0.05, 0.1) is 0 Å². The van der Waals surface area contributed by atoms with Crippen LogP contribution in [0.1, 0.15) is 52.9 Å². The van der Waals surface area contributed by atoms with Crippen molar-refractivity contribution in [1.29, 1.82) is 0 Å². The number of hydrogen-bond donors (Lipinski definition) is 0. The molecule has 0 radical (unpaired) electrons. The summed E-state index contributed by atoms with van der Waals surface area (Å²) in [7, 11) is 0. The van der Waals surface area contributed by atoms with Crippen molar-refractivity contribution in [2.24, 2.45) is 5.92 Å². The predicted molar refractivity (Wildman–Crippen MR) is 52.4 cm³/mol.